The zero-order valence-electron chi connectivity index (χ0n) is 18.2. The second kappa shape index (κ2) is 8.19. The van der Waals surface area contributed by atoms with E-state index in [0.29, 0.717) is 17.6 Å². The van der Waals surface area contributed by atoms with Gasteiger partial charge in [0, 0.05) is 12.2 Å². The maximum Gasteiger partial charge on any atom is 0.290 e. The molecule has 5 rings (SSSR count). The number of rotatable bonds is 4. The number of pyridine rings is 1. The molecule has 1 atom stereocenters. The molecule has 5 nitrogen and oxygen atoms in total. The molecule has 32 heavy (non-hydrogen) atoms. The number of aromatic nitrogens is 3. The molecule has 162 valence electrons. The van der Waals surface area contributed by atoms with E-state index in [1.54, 1.807) is 6.07 Å². The van der Waals surface area contributed by atoms with Crippen LogP contribution in [0.2, 0.25) is 0 Å². The van der Waals surface area contributed by atoms with Crippen molar-refractivity contribution in [3.8, 4) is 0 Å². The van der Waals surface area contributed by atoms with Crippen molar-refractivity contribution in [1.29, 1.82) is 0 Å². The molecule has 1 fully saturated rings. The summed E-state index contributed by atoms with van der Waals surface area (Å²) in [4.78, 5) is 27.3. The van der Waals surface area contributed by atoms with Crippen molar-refractivity contribution in [3.63, 3.8) is 0 Å². The molecule has 0 saturated carbocycles. The number of amides is 1. The van der Waals surface area contributed by atoms with Gasteiger partial charge in [-0.1, -0.05) is 24.3 Å². The molecule has 3 heterocycles. The predicted molar refractivity (Wildman–Crippen MR) is 122 cm³/mol. The number of benzene rings is 2. The normalized spacial score (nSPS) is 16.1. The summed E-state index contributed by atoms with van der Waals surface area (Å²) in [7, 11) is 0. The van der Waals surface area contributed by atoms with E-state index in [1.807, 2.05) is 11.8 Å². The Morgan fingerprint density at radius 2 is 1.97 bits per heavy atom. The number of carbonyl (C=O) groups excluding carboxylic acids is 1. The number of H-pyrrole nitrogens is 1. The van der Waals surface area contributed by atoms with Crippen LogP contribution in [0.3, 0.4) is 0 Å². The van der Waals surface area contributed by atoms with E-state index in [-0.39, 0.29) is 23.6 Å². The van der Waals surface area contributed by atoms with Crippen LogP contribution in [0, 0.1) is 19.7 Å². The van der Waals surface area contributed by atoms with Gasteiger partial charge in [-0.25, -0.2) is 9.37 Å². The SMILES string of the molecule is Cc1cc(Cc2ccccc2C)cc([C@@H]2CCCN2C(=O)c2nc3ccc(F)cc3[nH]2)n1. The molecule has 1 N–H and O–H groups in total. The number of hydrogen-bond donors (Lipinski definition) is 1. The summed E-state index contributed by atoms with van der Waals surface area (Å²) >= 11 is 0. The number of halogens is 1. The average molecular weight is 429 g/mol. The first kappa shape index (κ1) is 20.4. The van der Waals surface area contributed by atoms with Crippen LogP contribution in [0.1, 0.15) is 57.6 Å². The molecule has 0 spiro atoms. The van der Waals surface area contributed by atoms with Gasteiger partial charge in [0.2, 0.25) is 0 Å². The zero-order chi connectivity index (χ0) is 22.2. The van der Waals surface area contributed by atoms with Gasteiger partial charge in [0.05, 0.1) is 22.8 Å². The molecule has 1 aliphatic rings. The molecule has 2 aromatic carbocycles. The van der Waals surface area contributed by atoms with Gasteiger partial charge >= 0.3 is 0 Å². The minimum absolute atomic E-state index is 0.0945. The molecule has 6 heteroatoms. The largest absolute Gasteiger partial charge is 0.334 e. The summed E-state index contributed by atoms with van der Waals surface area (Å²) in [6, 6.07) is 16.8. The Kier molecular flexibility index (Phi) is 5.21. The van der Waals surface area contributed by atoms with Gasteiger partial charge < -0.3 is 9.88 Å². The van der Waals surface area contributed by atoms with Gasteiger partial charge in [0.15, 0.2) is 5.82 Å². The molecule has 1 aliphatic heterocycles. The van der Waals surface area contributed by atoms with Crippen LogP contribution < -0.4 is 0 Å². The first-order chi connectivity index (χ1) is 15.5. The Labute approximate surface area is 186 Å². The standard InChI is InChI=1S/C26H25FN4O/c1-16-6-3-4-7-19(16)13-18-12-17(2)28-23(14-18)24-8-5-11-31(24)26(32)25-29-21-10-9-20(27)15-22(21)30-25/h3-4,6-7,9-10,12,14-15,24H,5,8,11,13H2,1-2H3,(H,29,30)/t24-/m0/s1. The summed E-state index contributed by atoms with van der Waals surface area (Å²) in [6.45, 7) is 4.78. The quantitative estimate of drug-likeness (QED) is 0.481. The van der Waals surface area contributed by atoms with Crippen LogP contribution in [0.25, 0.3) is 11.0 Å². The molecular weight excluding hydrogens is 403 g/mol. The number of fused-ring (bicyclic) bond motifs is 1. The lowest BCUT2D eigenvalue weighted by molar-refractivity contribution is 0.0722. The van der Waals surface area contributed by atoms with Crippen molar-refractivity contribution in [1.82, 2.24) is 19.9 Å². The van der Waals surface area contributed by atoms with E-state index in [0.717, 1.165) is 30.7 Å². The highest BCUT2D eigenvalue weighted by molar-refractivity contribution is 5.94. The van der Waals surface area contributed by atoms with Crippen LogP contribution in [-0.2, 0) is 6.42 Å². The minimum Gasteiger partial charge on any atom is -0.334 e. The summed E-state index contributed by atoms with van der Waals surface area (Å²) in [6.07, 6.45) is 2.60. The van der Waals surface area contributed by atoms with Crippen LogP contribution in [0.15, 0.2) is 54.6 Å². The van der Waals surface area contributed by atoms with E-state index in [9.17, 15) is 9.18 Å². The maximum atomic E-state index is 13.5. The number of likely N-dealkylation sites (tertiary alicyclic amines) is 1. The maximum absolute atomic E-state index is 13.5. The Morgan fingerprint density at radius 3 is 2.81 bits per heavy atom. The molecule has 1 saturated heterocycles. The van der Waals surface area contributed by atoms with Gasteiger partial charge in [-0.05, 0) is 80.1 Å². The van der Waals surface area contributed by atoms with E-state index >= 15 is 0 Å². The predicted octanol–water partition coefficient (Wildman–Crippen LogP) is 5.28. The first-order valence-corrected chi connectivity index (χ1v) is 11.0. The third kappa shape index (κ3) is 3.88. The van der Waals surface area contributed by atoms with Crippen molar-refractivity contribution < 1.29 is 9.18 Å². The van der Waals surface area contributed by atoms with Crippen LogP contribution >= 0.6 is 0 Å². The third-order valence-electron chi connectivity index (χ3n) is 6.19. The van der Waals surface area contributed by atoms with E-state index < -0.39 is 0 Å². The summed E-state index contributed by atoms with van der Waals surface area (Å²) < 4.78 is 13.5. The molecular formula is C26H25FN4O. The molecule has 0 unspecified atom stereocenters. The van der Waals surface area contributed by atoms with Crippen molar-refractivity contribution in [2.24, 2.45) is 0 Å². The van der Waals surface area contributed by atoms with Gasteiger partial charge in [-0.2, -0.15) is 0 Å². The lowest BCUT2D eigenvalue weighted by atomic mass is 9.98. The van der Waals surface area contributed by atoms with Gasteiger partial charge in [0.25, 0.3) is 5.91 Å². The fraction of sp³-hybridized carbons (Fsp3) is 0.269. The first-order valence-electron chi connectivity index (χ1n) is 11.0. The summed E-state index contributed by atoms with van der Waals surface area (Å²) in [5, 5.41) is 0. The summed E-state index contributed by atoms with van der Waals surface area (Å²) in [5.41, 5.74) is 6.73. The van der Waals surface area contributed by atoms with Crippen molar-refractivity contribution in [2.75, 3.05) is 6.54 Å². The van der Waals surface area contributed by atoms with Crippen molar-refractivity contribution >= 4 is 16.9 Å². The Bertz CT molecular complexity index is 1310. The van der Waals surface area contributed by atoms with E-state index in [2.05, 4.69) is 53.3 Å². The molecule has 0 bridgehead atoms. The lowest BCUT2D eigenvalue weighted by Crippen LogP contribution is -2.32. The highest BCUT2D eigenvalue weighted by atomic mass is 19.1. The van der Waals surface area contributed by atoms with Crippen LogP contribution in [0.5, 0.6) is 0 Å². The summed E-state index contributed by atoms with van der Waals surface area (Å²) in [5.74, 6) is -0.289. The average Bonchev–Trinajstić information content (AvgIpc) is 3.41. The highest BCUT2D eigenvalue weighted by Crippen LogP contribution is 2.33. The number of carbonyl (C=O) groups is 1. The minimum atomic E-state index is -0.357. The van der Waals surface area contributed by atoms with E-state index in [1.165, 1.54) is 28.8 Å². The monoisotopic (exact) mass is 428 g/mol. The number of aromatic amines is 1. The van der Waals surface area contributed by atoms with Crippen molar-refractivity contribution in [3.05, 3.63) is 94.3 Å². The highest BCUT2D eigenvalue weighted by Gasteiger charge is 2.33. The van der Waals surface area contributed by atoms with Gasteiger partial charge in [-0.3, -0.25) is 9.78 Å². The molecule has 0 aliphatic carbocycles. The fourth-order valence-electron chi connectivity index (χ4n) is 4.61. The Balaban J connectivity index is 1.44. The number of aryl methyl sites for hydroxylation is 2. The lowest BCUT2D eigenvalue weighted by Gasteiger charge is -2.24. The zero-order valence-corrected chi connectivity index (χ0v) is 18.2. The smallest absolute Gasteiger partial charge is 0.290 e. The molecule has 0 radical (unpaired) electrons. The van der Waals surface area contributed by atoms with E-state index in [4.69, 9.17) is 4.98 Å². The fourth-order valence-corrected chi connectivity index (χ4v) is 4.61. The third-order valence-corrected chi connectivity index (χ3v) is 6.19. The molecule has 1 amide bonds. The van der Waals surface area contributed by atoms with Gasteiger partial charge in [-0.15, -0.1) is 0 Å². The second-order valence-electron chi connectivity index (χ2n) is 8.55. The second-order valence-corrected chi connectivity index (χ2v) is 8.55. The van der Waals surface area contributed by atoms with Crippen LogP contribution in [-0.4, -0.2) is 32.3 Å². The molecule has 2 aromatic heterocycles. The number of imidazole rings is 1. The van der Waals surface area contributed by atoms with Gasteiger partial charge in [0.1, 0.15) is 5.82 Å². The topological polar surface area (TPSA) is 61.9 Å². The Morgan fingerprint density at radius 1 is 1.12 bits per heavy atom. The number of nitrogens with one attached hydrogen (secondary N) is 1. The number of hydrogen-bond acceptors (Lipinski definition) is 3. The molecule has 4 aromatic rings. The number of nitrogens with zero attached hydrogens (tertiary/aromatic N) is 3. The Hall–Kier alpha value is -3.54. The van der Waals surface area contributed by atoms with Crippen LogP contribution in [0.4, 0.5) is 4.39 Å². The van der Waals surface area contributed by atoms with Crippen molar-refractivity contribution in [2.45, 2.75) is 39.2 Å².